The quantitative estimate of drug-likeness (QED) is 0.0343. The highest BCUT2D eigenvalue weighted by Gasteiger charge is 2.19. The fourth-order valence-corrected chi connectivity index (χ4v) is 11.3. The normalized spacial score (nSPS) is 11.9. The van der Waals surface area contributed by atoms with Gasteiger partial charge in [-0.05, 0) is 19.3 Å². The Labute approximate surface area is 482 Å². The number of carbonyl (C=O) groups excluding carboxylic acids is 3. The molecule has 0 saturated heterocycles. The Kier molecular flexibility index (Phi) is 65.5. The lowest BCUT2D eigenvalue weighted by Gasteiger charge is -2.18. The number of hydrogen-bond donors (Lipinski definition) is 0. The second-order valence-corrected chi connectivity index (χ2v) is 24.5. The van der Waals surface area contributed by atoms with Crippen LogP contribution < -0.4 is 0 Å². The highest BCUT2D eigenvalue weighted by molar-refractivity contribution is 5.71. The maximum absolute atomic E-state index is 12.9. The molecule has 0 aliphatic heterocycles. The molecular formula is C71H138O6. The average molecular weight is 1090 g/mol. The van der Waals surface area contributed by atoms with E-state index in [9.17, 15) is 14.4 Å². The van der Waals surface area contributed by atoms with E-state index in [4.69, 9.17) is 14.2 Å². The molecule has 0 saturated carbocycles. The summed E-state index contributed by atoms with van der Waals surface area (Å²) in [5.74, 6) is -0.833. The monoisotopic (exact) mass is 1090 g/mol. The lowest BCUT2D eigenvalue weighted by molar-refractivity contribution is -0.167. The first-order chi connectivity index (χ1) is 38.0. The van der Waals surface area contributed by atoms with E-state index in [-0.39, 0.29) is 31.1 Å². The first kappa shape index (κ1) is 75.4. The van der Waals surface area contributed by atoms with Crippen molar-refractivity contribution in [1.29, 1.82) is 0 Å². The lowest BCUT2D eigenvalue weighted by atomic mass is 10.0. The van der Waals surface area contributed by atoms with E-state index < -0.39 is 6.10 Å². The molecule has 0 aromatic rings. The van der Waals surface area contributed by atoms with E-state index >= 15 is 0 Å². The van der Waals surface area contributed by atoms with Crippen molar-refractivity contribution in [3.8, 4) is 0 Å². The molecular weight excluding hydrogens is 949 g/mol. The standard InChI is InChI=1S/C71H138O6/c1-4-7-10-13-16-19-21-23-25-27-28-29-30-31-32-33-34-35-36-37-38-39-40-41-42-43-44-45-47-48-50-52-55-58-61-64-70(73)76-67-68(66-75-69(72)63-60-57-54-18-15-12-9-6-3)77-71(74)65-62-59-56-53-51-49-46-26-24-22-20-17-14-11-8-5-2/h68H,4-67H2,1-3H3. The number of ether oxygens (including phenoxy) is 3. The van der Waals surface area contributed by atoms with Crippen LogP contribution in [0.15, 0.2) is 0 Å². The van der Waals surface area contributed by atoms with Gasteiger partial charge in [-0.1, -0.05) is 380 Å². The Morgan fingerprint density at radius 3 is 0.519 bits per heavy atom. The minimum absolute atomic E-state index is 0.0613. The summed E-state index contributed by atoms with van der Waals surface area (Å²) in [6.07, 6.45) is 78.9. The summed E-state index contributed by atoms with van der Waals surface area (Å²) in [7, 11) is 0. The zero-order chi connectivity index (χ0) is 55.7. The van der Waals surface area contributed by atoms with Crippen molar-refractivity contribution >= 4 is 17.9 Å². The average Bonchev–Trinajstić information content (AvgIpc) is 3.43. The van der Waals surface area contributed by atoms with Crippen LogP contribution in [0.4, 0.5) is 0 Å². The maximum Gasteiger partial charge on any atom is 0.306 e. The van der Waals surface area contributed by atoms with E-state index in [0.717, 1.165) is 57.8 Å². The molecule has 1 atom stereocenters. The van der Waals surface area contributed by atoms with Gasteiger partial charge >= 0.3 is 17.9 Å². The molecule has 0 aromatic heterocycles. The summed E-state index contributed by atoms with van der Waals surface area (Å²) in [5, 5.41) is 0. The van der Waals surface area contributed by atoms with Gasteiger partial charge in [0, 0.05) is 19.3 Å². The van der Waals surface area contributed by atoms with Crippen LogP contribution in [0, 0.1) is 0 Å². The smallest absolute Gasteiger partial charge is 0.306 e. The molecule has 1 unspecified atom stereocenters. The Balaban J connectivity index is 3.90. The highest BCUT2D eigenvalue weighted by Crippen LogP contribution is 2.20. The van der Waals surface area contributed by atoms with Gasteiger partial charge in [0.1, 0.15) is 13.2 Å². The van der Waals surface area contributed by atoms with Crippen molar-refractivity contribution < 1.29 is 28.6 Å². The predicted octanol–water partition coefficient (Wildman–Crippen LogP) is 24.2. The van der Waals surface area contributed by atoms with Gasteiger partial charge in [-0.15, -0.1) is 0 Å². The summed E-state index contributed by atoms with van der Waals surface area (Å²) in [6.45, 7) is 6.70. The Hall–Kier alpha value is -1.59. The third-order valence-electron chi connectivity index (χ3n) is 16.6. The number of esters is 3. The SMILES string of the molecule is CCCCCCCCCCCCCCCCCCCCCCCCCCCCCCCCCCCCCC(=O)OCC(COC(=O)CCCCCCCCCC)OC(=O)CCCCCCCCCCCCCCCCCC. The molecule has 0 rings (SSSR count). The van der Waals surface area contributed by atoms with E-state index in [0.29, 0.717) is 19.3 Å². The summed E-state index contributed by atoms with van der Waals surface area (Å²) < 4.78 is 16.9. The molecule has 0 fully saturated rings. The van der Waals surface area contributed by atoms with Gasteiger partial charge in [-0.2, -0.15) is 0 Å². The molecule has 0 amide bonds. The van der Waals surface area contributed by atoms with Crippen molar-refractivity contribution in [2.75, 3.05) is 13.2 Å². The number of rotatable bonds is 67. The zero-order valence-corrected chi connectivity index (χ0v) is 52.8. The van der Waals surface area contributed by atoms with Crippen molar-refractivity contribution in [3.05, 3.63) is 0 Å². The molecule has 0 radical (unpaired) electrons. The molecule has 0 aliphatic carbocycles. The summed E-state index contributed by atoms with van der Waals surface area (Å²) in [4.78, 5) is 38.1. The van der Waals surface area contributed by atoms with Crippen LogP contribution in [0.2, 0.25) is 0 Å². The Morgan fingerprint density at radius 1 is 0.208 bits per heavy atom. The fourth-order valence-electron chi connectivity index (χ4n) is 11.3. The van der Waals surface area contributed by atoms with Gasteiger partial charge in [-0.25, -0.2) is 0 Å². The fraction of sp³-hybridized carbons (Fsp3) is 0.958. The number of carbonyl (C=O) groups is 3. The molecule has 77 heavy (non-hydrogen) atoms. The third-order valence-corrected chi connectivity index (χ3v) is 16.6. The Bertz CT molecular complexity index is 1160. The van der Waals surface area contributed by atoms with Gasteiger partial charge in [0.05, 0.1) is 0 Å². The minimum Gasteiger partial charge on any atom is -0.462 e. The molecule has 458 valence electrons. The van der Waals surface area contributed by atoms with E-state index in [2.05, 4.69) is 20.8 Å². The minimum atomic E-state index is -0.761. The van der Waals surface area contributed by atoms with Crippen molar-refractivity contribution in [2.24, 2.45) is 0 Å². The van der Waals surface area contributed by atoms with Gasteiger partial charge in [0.15, 0.2) is 6.10 Å². The first-order valence-electron chi connectivity index (χ1n) is 35.5. The molecule has 0 spiro atoms. The topological polar surface area (TPSA) is 78.9 Å². The largest absolute Gasteiger partial charge is 0.462 e. The Morgan fingerprint density at radius 2 is 0.351 bits per heavy atom. The molecule has 0 aliphatic rings. The summed E-state index contributed by atoms with van der Waals surface area (Å²) >= 11 is 0. The molecule has 0 aromatic carbocycles. The van der Waals surface area contributed by atoms with Crippen LogP contribution in [0.25, 0.3) is 0 Å². The van der Waals surface area contributed by atoms with E-state index in [1.54, 1.807) is 0 Å². The van der Waals surface area contributed by atoms with E-state index in [1.807, 2.05) is 0 Å². The number of unbranched alkanes of at least 4 members (excludes halogenated alkanes) is 56. The van der Waals surface area contributed by atoms with Gasteiger partial charge in [0.2, 0.25) is 0 Å². The van der Waals surface area contributed by atoms with Crippen molar-refractivity contribution in [1.82, 2.24) is 0 Å². The number of hydrogen-bond acceptors (Lipinski definition) is 6. The second kappa shape index (κ2) is 66.9. The van der Waals surface area contributed by atoms with Gasteiger partial charge < -0.3 is 14.2 Å². The van der Waals surface area contributed by atoms with Crippen LogP contribution in [0.3, 0.4) is 0 Å². The van der Waals surface area contributed by atoms with Crippen molar-refractivity contribution in [3.63, 3.8) is 0 Å². The molecule has 6 heteroatoms. The van der Waals surface area contributed by atoms with Crippen molar-refractivity contribution in [2.45, 2.75) is 425 Å². The third kappa shape index (κ3) is 65.1. The van der Waals surface area contributed by atoms with Crippen LogP contribution in [-0.4, -0.2) is 37.2 Å². The van der Waals surface area contributed by atoms with E-state index in [1.165, 1.54) is 321 Å². The van der Waals surface area contributed by atoms with Crippen LogP contribution in [0.5, 0.6) is 0 Å². The summed E-state index contributed by atoms with van der Waals surface area (Å²) in [6, 6.07) is 0. The second-order valence-electron chi connectivity index (χ2n) is 24.5. The van der Waals surface area contributed by atoms with Crippen LogP contribution >= 0.6 is 0 Å². The van der Waals surface area contributed by atoms with Crippen LogP contribution in [0.1, 0.15) is 419 Å². The van der Waals surface area contributed by atoms with Gasteiger partial charge in [0.25, 0.3) is 0 Å². The lowest BCUT2D eigenvalue weighted by Crippen LogP contribution is -2.30. The molecule has 0 N–H and O–H groups in total. The molecule has 0 heterocycles. The zero-order valence-electron chi connectivity index (χ0n) is 52.8. The highest BCUT2D eigenvalue weighted by atomic mass is 16.6. The maximum atomic E-state index is 12.9. The molecule has 6 nitrogen and oxygen atoms in total. The summed E-state index contributed by atoms with van der Waals surface area (Å²) in [5.41, 5.74) is 0. The molecule has 0 bridgehead atoms. The van der Waals surface area contributed by atoms with Crippen LogP contribution in [-0.2, 0) is 28.6 Å². The predicted molar refractivity (Wildman–Crippen MR) is 335 cm³/mol. The first-order valence-corrected chi connectivity index (χ1v) is 35.5. The van der Waals surface area contributed by atoms with Gasteiger partial charge in [-0.3, -0.25) is 14.4 Å².